The predicted octanol–water partition coefficient (Wildman–Crippen LogP) is 3.79. The molecule has 0 aliphatic carbocycles. The molecule has 1 N–H and O–H groups in total. The number of halogens is 1. The van der Waals surface area contributed by atoms with Crippen LogP contribution in [0.5, 0.6) is 0 Å². The van der Waals surface area contributed by atoms with Gasteiger partial charge in [-0.15, -0.1) is 18.0 Å². The smallest absolute Gasteiger partial charge is 0.136 e. The molecule has 0 aromatic carbocycles. The molecule has 0 aliphatic rings. The maximum atomic E-state index is 9.73. The summed E-state index contributed by atoms with van der Waals surface area (Å²) in [4.78, 5) is 9.40. The van der Waals surface area contributed by atoms with E-state index in [1.54, 1.807) is 18.5 Å². The Labute approximate surface area is 152 Å². The van der Waals surface area contributed by atoms with E-state index in [0.29, 0.717) is 18.2 Å². The first kappa shape index (κ1) is 18.6. The van der Waals surface area contributed by atoms with Gasteiger partial charge in [0.25, 0.3) is 0 Å². The third-order valence-electron chi connectivity index (χ3n) is 3.42. The zero-order valence-electron chi connectivity index (χ0n) is 13.7. The number of aliphatic hydroxyl groups is 1. The standard InChI is InChI=1S/C18H20ClN3OS/c1-4-15(5-8-19)24-18-17(13(2)3)21-16(12-23)22(18)11-14-6-9-20-10-7-14/h1,5-7,9-10,13,23H,8,11-12H2,2-3H3/b15-5+. The first-order chi connectivity index (χ1) is 11.6. The molecule has 0 saturated carbocycles. The summed E-state index contributed by atoms with van der Waals surface area (Å²) in [7, 11) is 0. The molecule has 2 rings (SSSR count). The molecule has 0 amide bonds. The zero-order valence-corrected chi connectivity index (χ0v) is 15.3. The van der Waals surface area contributed by atoms with Crippen molar-refractivity contribution in [3.63, 3.8) is 0 Å². The number of imidazole rings is 1. The number of rotatable bonds is 7. The Morgan fingerprint density at radius 3 is 2.71 bits per heavy atom. The van der Waals surface area contributed by atoms with Gasteiger partial charge < -0.3 is 9.67 Å². The molecular weight excluding hydrogens is 342 g/mol. The third kappa shape index (κ3) is 4.41. The summed E-state index contributed by atoms with van der Waals surface area (Å²) < 4.78 is 2.01. The van der Waals surface area contributed by atoms with Crippen LogP contribution in [0.15, 0.2) is 40.5 Å². The Balaban J connectivity index is 2.50. The number of nitrogens with zero attached hydrogens (tertiary/aromatic N) is 3. The molecular formula is C18H20ClN3OS. The minimum Gasteiger partial charge on any atom is -0.388 e. The van der Waals surface area contributed by atoms with Crippen molar-refractivity contribution in [1.82, 2.24) is 14.5 Å². The summed E-state index contributed by atoms with van der Waals surface area (Å²) in [6.07, 6.45) is 10.9. The average Bonchev–Trinajstić information content (AvgIpc) is 2.93. The first-order valence-electron chi connectivity index (χ1n) is 7.60. The highest BCUT2D eigenvalue weighted by molar-refractivity contribution is 8.03. The van der Waals surface area contributed by atoms with Gasteiger partial charge in [0.1, 0.15) is 17.5 Å². The van der Waals surface area contributed by atoms with E-state index < -0.39 is 0 Å². The first-order valence-corrected chi connectivity index (χ1v) is 8.95. The summed E-state index contributed by atoms with van der Waals surface area (Å²) in [5.74, 6) is 3.86. The van der Waals surface area contributed by atoms with E-state index in [2.05, 4.69) is 29.7 Å². The van der Waals surface area contributed by atoms with Gasteiger partial charge in [-0.25, -0.2) is 4.98 Å². The number of thioether (sulfide) groups is 1. The van der Waals surface area contributed by atoms with Crippen molar-refractivity contribution in [2.75, 3.05) is 5.88 Å². The van der Waals surface area contributed by atoms with Crippen LogP contribution in [-0.2, 0) is 13.2 Å². The van der Waals surface area contributed by atoms with Crippen LogP contribution in [0.3, 0.4) is 0 Å². The average molecular weight is 362 g/mol. The molecule has 2 aromatic rings. The van der Waals surface area contributed by atoms with E-state index in [4.69, 9.17) is 18.0 Å². The van der Waals surface area contributed by atoms with Crippen LogP contribution in [0, 0.1) is 12.3 Å². The van der Waals surface area contributed by atoms with Gasteiger partial charge in [0, 0.05) is 18.3 Å². The topological polar surface area (TPSA) is 50.9 Å². The Morgan fingerprint density at radius 2 is 2.17 bits per heavy atom. The Hall–Kier alpha value is -1.74. The monoisotopic (exact) mass is 361 g/mol. The van der Waals surface area contributed by atoms with Crippen LogP contribution >= 0.6 is 23.4 Å². The minimum atomic E-state index is -0.129. The van der Waals surface area contributed by atoms with E-state index in [0.717, 1.165) is 21.2 Å². The zero-order chi connectivity index (χ0) is 17.5. The van der Waals surface area contributed by atoms with Gasteiger partial charge in [-0.05, 0) is 29.7 Å². The van der Waals surface area contributed by atoms with E-state index in [1.807, 2.05) is 16.7 Å². The predicted molar refractivity (Wildman–Crippen MR) is 99.1 cm³/mol. The van der Waals surface area contributed by atoms with Crippen molar-refractivity contribution in [2.45, 2.75) is 37.9 Å². The van der Waals surface area contributed by atoms with Crippen molar-refractivity contribution >= 4 is 23.4 Å². The molecule has 126 valence electrons. The van der Waals surface area contributed by atoms with Crippen molar-refractivity contribution in [3.05, 3.63) is 52.6 Å². The molecule has 2 aromatic heterocycles. The van der Waals surface area contributed by atoms with Gasteiger partial charge in [-0.3, -0.25) is 4.98 Å². The molecule has 6 heteroatoms. The molecule has 24 heavy (non-hydrogen) atoms. The molecule has 0 fully saturated rings. The Morgan fingerprint density at radius 1 is 1.46 bits per heavy atom. The summed E-state index contributed by atoms with van der Waals surface area (Å²) >= 11 is 7.26. The second-order valence-corrected chi connectivity index (χ2v) is 6.78. The van der Waals surface area contributed by atoms with Crippen molar-refractivity contribution in [2.24, 2.45) is 0 Å². The lowest BCUT2D eigenvalue weighted by Gasteiger charge is -2.12. The molecule has 4 nitrogen and oxygen atoms in total. The molecule has 0 unspecified atom stereocenters. The third-order valence-corrected chi connectivity index (χ3v) is 4.70. The Kier molecular flexibility index (Phi) is 6.92. The number of pyridine rings is 1. The van der Waals surface area contributed by atoms with Crippen LogP contribution in [0.25, 0.3) is 0 Å². The van der Waals surface area contributed by atoms with E-state index in [9.17, 15) is 5.11 Å². The number of terminal acetylenes is 1. The van der Waals surface area contributed by atoms with Crippen LogP contribution < -0.4 is 0 Å². The molecule has 2 heterocycles. The summed E-state index contributed by atoms with van der Waals surface area (Å²) in [6.45, 7) is 4.62. The number of aliphatic hydroxyl groups excluding tert-OH is 1. The maximum Gasteiger partial charge on any atom is 0.136 e. The van der Waals surface area contributed by atoms with Crippen molar-refractivity contribution in [3.8, 4) is 12.3 Å². The fraction of sp³-hybridized carbons (Fsp3) is 0.333. The number of hydrogen-bond donors (Lipinski definition) is 1. The summed E-state index contributed by atoms with van der Waals surface area (Å²) in [5, 5.41) is 10.7. The fourth-order valence-electron chi connectivity index (χ4n) is 2.24. The molecule has 0 saturated heterocycles. The second-order valence-electron chi connectivity index (χ2n) is 5.44. The van der Waals surface area contributed by atoms with Crippen LogP contribution in [0.1, 0.15) is 36.8 Å². The van der Waals surface area contributed by atoms with Gasteiger partial charge in [-0.1, -0.05) is 31.5 Å². The molecule has 0 spiro atoms. The normalized spacial score (nSPS) is 11.8. The lowest BCUT2D eigenvalue weighted by atomic mass is 10.1. The fourth-order valence-corrected chi connectivity index (χ4v) is 3.59. The van der Waals surface area contributed by atoms with E-state index >= 15 is 0 Å². The van der Waals surface area contributed by atoms with E-state index in [1.165, 1.54) is 11.8 Å². The SMILES string of the molecule is C#C/C(=C\CCl)Sc1c(C(C)C)nc(CO)n1Cc1ccncc1. The van der Waals surface area contributed by atoms with Crippen LogP contribution in [-0.4, -0.2) is 25.5 Å². The lowest BCUT2D eigenvalue weighted by molar-refractivity contribution is 0.265. The number of alkyl halides is 1. The van der Waals surface area contributed by atoms with Crippen molar-refractivity contribution < 1.29 is 5.11 Å². The van der Waals surface area contributed by atoms with Gasteiger partial charge in [0.2, 0.25) is 0 Å². The van der Waals surface area contributed by atoms with Crippen LogP contribution in [0.4, 0.5) is 0 Å². The highest BCUT2D eigenvalue weighted by Gasteiger charge is 2.20. The highest BCUT2D eigenvalue weighted by Crippen LogP contribution is 2.34. The highest BCUT2D eigenvalue weighted by atomic mass is 35.5. The van der Waals surface area contributed by atoms with Crippen LogP contribution in [0.2, 0.25) is 0 Å². The molecule has 0 atom stereocenters. The largest absolute Gasteiger partial charge is 0.388 e. The summed E-state index contributed by atoms with van der Waals surface area (Å²) in [5.41, 5.74) is 2.01. The molecule has 0 bridgehead atoms. The quantitative estimate of drug-likeness (QED) is 0.463. The number of hydrogen-bond acceptors (Lipinski definition) is 4. The van der Waals surface area contributed by atoms with Crippen molar-refractivity contribution in [1.29, 1.82) is 0 Å². The lowest BCUT2D eigenvalue weighted by Crippen LogP contribution is -2.07. The molecule has 0 radical (unpaired) electrons. The van der Waals surface area contributed by atoms with Gasteiger partial charge in [-0.2, -0.15) is 0 Å². The van der Waals surface area contributed by atoms with E-state index in [-0.39, 0.29) is 12.5 Å². The number of allylic oxidation sites excluding steroid dienone is 2. The molecule has 0 aliphatic heterocycles. The second kappa shape index (κ2) is 8.93. The van der Waals surface area contributed by atoms with Gasteiger partial charge >= 0.3 is 0 Å². The maximum absolute atomic E-state index is 9.73. The minimum absolute atomic E-state index is 0.129. The Bertz CT molecular complexity index is 748. The van der Waals surface area contributed by atoms with Gasteiger partial charge in [0.05, 0.1) is 17.1 Å². The number of aromatic nitrogens is 3. The summed E-state index contributed by atoms with van der Waals surface area (Å²) in [6, 6.07) is 3.89. The van der Waals surface area contributed by atoms with Gasteiger partial charge in [0.15, 0.2) is 0 Å².